The van der Waals surface area contributed by atoms with Gasteiger partial charge in [0, 0.05) is 11.1 Å². The number of hydrogen-bond donors (Lipinski definition) is 1. The Bertz CT molecular complexity index is 575. The molecule has 0 saturated carbocycles. The van der Waals surface area contributed by atoms with Gasteiger partial charge in [0.25, 0.3) is 0 Å². The Hall–Kier alpha value is -1.39. The standard InChI is InChI=1S/C14H15ClN2OS/c1-9-3-10(2)5-11(4-9)16-13(18)6-14-17-12(7-15)8-19-14/h3-5,8H,6-7H2,1-2H3,(H,16,18). The van der Waals surface area contributed by atoms with Gasteiger partial charge in [-0.15, -0.1) is 22.9 Å². The Labute approximate surface area is 121 Å². The molecule has 0 aliphatic rings. The number of aryl methyl sites for hydroxylation is 2. The first kappa shape index (κ1) is 14.0. The lowest BCUT2D eigenvalue weighted by molar-refractivity contribution is -0.115. The maximum Gasteiger partial charge on any atom is 0.231 e. The van der Waals surface area contributed by atoms with Gasteiger partial charge < -0.3 is 5.32 Å². The molecule has 3 nitrogen and oxygen atoms in total. The predicted molar refractivity (Wildman–Crippen MR) is 79.9 cm³/mol. The molecule has 2 rings (SSSR count). The topological polar surface area (TPSA) is 42.0 Å². The summed E-state index contributed by atoms with van der Waals surface area (Å²) >= 11 is 7.15. The molecule has 1 aromatic heterocycles. The number of thiazole rings is 1. The largest absolute Gasteiger partial charge is 0.326 e. The van der Waals surface area contributed by atoms with Crippen LogP contribution in [0, 0.1) is 13.8 Å². The van der Waals surface area contributed by atoms with Crippen molar-refractivity contribution in [2.75, 3.05) is 5.32 Å². The Morgan fingerprint density at radius 3 is 2.58 bits per heavy atom. The average molecular weight is 295 g/mol. The number of alkyl halides is 1. The normalized spacial score (nSPS) is 10.5. The van der Waals surface area contributed by atoms with E-state index in [4.69, 9.17) is 11.6 Å². The van der Waals surface area contributed by atoms with Crippen LogP contribution in [0.5, 0.6) is 0 Å². The molecule has 5 heteroatoms. The molecule has 0 bridgehead atoms. The lowest BCUT2D eigenvalue weighted by atomic mass is 10.1. The van der Waals surface area contributed by atoms with Crippen molar-refractivity contribution in [1.82, 2.24) is 4.98 Å². The van der Waals surface area contributed by atoms with Gasteiger partial charge >= 0.3 is 0 Å². The van der Waals surface area contributed by atoms with Crippen molar-refractivity contribution in [3.05, 3.63) is 45.4 Å². The summed E-state index contributed by atoms with van der Waals surface area (Å²) in [6.07, 6.45) is 0.286. The van der Waals surface area contributed by atoms with Gasteiger partial charge in [0.1, 0.15) is 5.01 Å². The molecule has 0 atom stereocenters. The summed E-state index contributed by atoms with van der Waals surface area (Å²) in [6.45, 7) is 4.02. The number of carbonyl (C=O) groups is 1. The quantitative estimate of drug-likeness (QED) is 0.874. The minimum Gasteiger partial charge on any atom is -0.326 e. The molecule has 0 spiro atoms. The van der Waals surface area contributed by atoms with Crippen LogP contribution >= 0.6 is 22.9 Å². The Kier molecular flexibility index (Phi) is 4.56. The fourth-order valence-electron chi connectivity index (χ4n) is 1.88. The summed E-state index contributed by atoms with van der Waals surface area (Å²) < 4.78 is 0. The van der Waals surface area contributed by atoms with Crippen LogP contribution < -0.4 is 5.32 Å². The fourth-order valence-corrected chi connectivity index (χ4v) is 2.90. The van der Waals surface area contributed by atoms with E-state index in [-0.39, 0.29) is 12.3 Å². The number of rotatable bonds is 4. The van der Waals surface area contributed by atoms with Crippen LogP contribution in [0.15, 0.2) is 23.6 Å². The first-order valence-corrected chi connectivity index (χ1v) is 7.35. The minimum absolute atomic E-state index is 0.0551. The monoisotopic (exact) mass is 294 g/mol. The van der Waals surface area contributed by atoms with E-state index in [0.29, 0.717) is 5.88 Å². The maximum atomic E-state index is 11.9. The molecule has 2 aromatic rings. The molecule has 0 radical (unpaired) electrons. The van der Waals surface area contributed by atoms with E-state index in [9.17, 15) is 4.79 Å². The molecule has 0 aliphatic carbocycles. The number of benzene rings is 1. The second kappa shape index (κ2) is 6.17. The number of nitrogens with zero attached hydrogens (tertiary/aromatic N) is 1. The van der Waals surface area contributed by atoms with Crippen LogP contribution in [0.4, 0.5) is 5.69 Å². The highest BCUT2D eigenvalue weighted by molar-refractivity contribution is 7.09. The summed E-state index contributed by atoms with van der Waals surface area (Å²) in [4.78, 5) is 16.2. The third kappa shape index (κ3) is 4.04. The zero-order valence-electron chi connectivity index (χ0n) is 10.9. The molecule has 0 fully saturated rings. The summed E-state index contributed by atoms with van der Waals surface area (Å²) in [5.41, 5.74) is 3.92. The van der Waals surface area contributed by atoms with E-state index in [2.05, 4.69) is 16.4 Å². The number of anilines is 1. The summed E-state index contributed by atoms with van der Waals surface area (Å²) in [5.74, 6) is 0.329. The van der Waals surface area contributed by atoms with Crippen LogP contribution in [-0.4, -0.2) is 10.9 Å². The molecule has 1 N–H and O–H groups in total. The number of amides is 1. The van der Waals surface area contributed by atoms with Gasteiger partial charge in [-0.25, -0.2) is 4.98 Å². The van der Waals surface area contributed by atoms with Crippen molar-refractivity contribution in [2.45, 2.75) is 26.1 Å². The average Bonchev–Trinajstić information content (AvgIpc) is 2.74. The minimum atomic E-state index is -0.0551. The summed E-state index contributed by atoms with van der Waals surface area (Å²) in [7, 11) is 0. The Morgan fingerprint density at radius 1 is 1.32 bits per heavy atom. The second-order valence-corrected chi connectivity index (χ2v) is 5.68. The lowest BCUT2D eigenvalue weighted by Gasteiger charge is -2.06. The fraction of sp³-hybridized carbons (Fsp3) is 0.286. The van der Waals surface area contributed by atoms with Gasteiger partial charge in [-0.1, -0.05) is 6.07 Å². The number of aromatic nitrogens is 1. The number of halogens is 1. The molecule has 100 valence electrons. The zero-order chi connectivity index (χ0) is 13.8. The first-order chi connectivity index (χ1) is 9.06. The molecule has 1 amide bonds. The van der Waals surface area contributed by atoms with Gasteiger partial charge in [-0.05, 0) is 37.1 Å². The van der Waals surface area contributed by atoms with E-state index < -0.39 is 0 Å². The number of carbonyl (C=O) groups excluding carboxylic acids is 1. The molecular formula is C14H15ClN2OS. The third-order valence-electron chi connectivity index (χ3n) is 2.55. The lowest BCUT2D eigenvalue weighted by Crippen LogP contribution is -2.14. The van der Waals surface area contributed by atoms with E-state index in [1.54, 1.807) is 0 Å². The molecule has 1 aromatic carbocycles. The number of hydrogen-bond acceptors (Lipinski definition) is 3. The molecule has 0 unspecified atom stereocenters. The van der Waals surface area contributed by atoms with Crippen molar-refractivity contribution in [3.8, 4) is 0 Å². The van der Waals surface area contributed by atoms with Crippen LogP contribution in [0.25, 0.3) is 0 Å². The highest BCUT2D eigenvalue weighted by Crippen LogP contribution is 2.16. The van der Waals surface area contributed by atoms with Gasteiger partial charge in [0.15, 0.2) is 0 Å². The van der Waals surface area contributed by atoms with E-state index >= 15 is 0 Å². The van der Waals surface area contributed by atoms with E-state index in [1.807, 2.05) is 31.4 Å². The van der Waals surface area contributed by atoms with Crippen molar-refractivity contribution < 1.29 is 4.79 Å². The maximum absolute atomic E-state index is 11.9. The Balaban J connectivity index is 2.00. The highest BCUT2D eigenvalue weighted by atomic mass is 35.5. The van der Waals surface area contributed by atoms with E-state index in [0.717, 1.165) is 27.5 Å². The van der Waals surface area contributed by atoms with Crippen LogP contribution in [0.3, 0.4) is 0 Å². The van der Waals surface area contributed by atoms with Crippen LogP contribution in [0.2, 0.25) is 0 Å². The first-order valence-electron chi connectivity index (χ1n) is 5.94. The summed E-state index contributed by atoms with van der Waals surface area (Å²) in [5, 5.41) is 5.56. The third-order valence-corrected chi connectivity index (χ3v) is 3.72. The molecular weight excluding hydrogens is 280 g/mol. The smallest absolute Gasteiger partial charge is 0.231 e. The highest BCUT2D eigenvalue weighted by Gasteiger charge is 2.08. The van der Waals surface area contributed by atoms with Crippen LogP contribution in [-0.2, 0) is 17.1 Å². The van der Waals surface area contributed by atoms with Crippen molar-refractivity contribution in [3.63, 3.8) is 0 Å². The van der Waals surface area contributed by atoms with Crippen molar-refractivity contribution >= 4 is 34.5 Å². The molecule has 0 aliphatic heterocycles. The molecule has 1 heterocycles. The van der Waals surface area contributed by atoms with E-state index in [1.165, 1.54) is 11.3 Å². The van der Waals surface area contributed by atoms with Gasteiger partial charge in [-0.2, -0.15) is 0 Å². The second-order valence-electron chi connectivity index (χ2n) is 4.47. The van der Waals surface area contributed by atoms with Crippen LogP contribution in [0.1, 0.15) is 21.8 Å². The van der Waals surface area contributed by atoms with Crippen molar-refractivity contribution in [1.29, 1.82) is 0 Å². The van der Waals surface area contributed by atoms with Crippen molar-refractivity contribution in [2.24, 2.45) is 0 Å². The Morgan fingerprint density at radius 2 is 2.00 bits per heavy atom. The van der Waals surface area contributed by atoms with Gasteiger partial charge in [0.05, 0.1) is 18.0 Å². The molecule has 19 heavy (non-hydrogen) atoms. The predicted octanol–water partition coefficient (Wildman–Crippen LogP) is 3.68. The molecule has 0 saturated heterocycles. The zero-order valence-corrected chi connectivity index (χ0v) is 12.4. The number of nitrogens with one attached hydrogen (secondary N) is 1. The van der Waals surface area contributed by atoms with Gasteiger partial charge in [-0.3, -0.25) is 4.79 Å². The van der Waals surface area contributed by atoms with Gasteiger partial charge in [0.2, 0.25) is 5.91 Å². The SMILES string of the molecule is Cc1cc(C)cc(NC(=O)Cc2nc(CCl)cs2)c1. The summed E-state index contributed by atoms with van der Waals surface area (Å²) in [6, 6.07) is 5.98.